The molecule has 0 radical (unpaired) electrons. The highest BCUT2D eigenvalue weighted by molar-refractivity contribution is 5.79. The van der Waals surface area contributed by atoms with Gasteiger partial charge in [0.15, 0.2) is 0 Å². The first kappa shape index (κ1) is 14.8. The van der Waals surface area contributed by atoms with E-state index in [-0.39, 0.29) is 24.0 Å². The molecule has 5 nitrogen and oxygen atoms in total. The Morgan fingerprint density at radius 2 is 2.26 bits per heavy atom. The Bertz CT molecular complexity index is 311. The van der Waals surface area contributed by atoms with Crippen LogP contribution in [0.1, 0.15) is 26.2 Å². The third kappa shape index (κ3) is 4.16. The van der Waals surface area contributed by atoms with Gasteiger partial charge in [-0.25, -0.2) is 0 Å². The second-order valence-electron chi connectivity index (χ2n) is 6.19. The fourth-order valence-corrected chi connectivity index (χ4v) is 3.04. The molecule has 0 aromatic carbocycles. The van der Waals surface area contributed by atoms with Crippen molar-refractivity contribution in [2.24, 2.45) is 17.6 Å². The summed E-state index contributed by atoms with van der Waals surface area (Å²) in [6.45, 7) is 5.39. The van der Waals surface area contributed by atoms with E-state index in [0.29, 0.717) is 12.5 Å². The fraction of sp³-hybridized carbons (Fsp3) is 0.929. The van der Waals surface area contributed by atoms with Gasteiger partial charge in [0.2, 0.25) is 5.91 Å². The van der Waals surface area contributed by atoms with Crippen LogP contribution < -0.4 is 11.1 Å². The molecule has 0 aromatic heterocycles. The van der Waals surface area contributed by atoms with Crippen LogP contribution in [0.3, 0.4) is 0 Å². The van der Waals surface area contributed by atoms with Gasteiger partial charge >= 0.3 is 0 Å². The number of carbonyl (C=O) groups excluding carboxylic acids is 1. The van der Waals surface area contributed by atoms with Gasteiger partial charge in [-0.1, -0.05) is 6.92 Å². The van der Waals surface area contributed by atoms with Crippen molar-refractivity contribution in [3.05, 3.63) is 0 Å². The monoisotopic (exact) mass is 269 g/mol. The SMILES string of the molecule is CC1CCC(N)C(C(=O)NCC2CN(C)CCO2)C1. The summed E-state index contributed by atoms with van der Waals surface area (Å²) < 4.78 is 5.65. The number of nitrogens with two attached hydrogens (primary N) is 1. The average molecular weight is 269 g/mol. The van der Waals surface area contributed by atoms with Gasteiger partial charge in [-0.3, -0.25) is 4.79 Å². The van der Waals surface area contributed by atoms with Crippen molar-refractivity contribution in [1.82, 2.24) is 10.2 Å². The number of nitrogens with one attached hydrogen (secondary N) is 1. The molecule has 0 aromatic rings. The zero-order valence-corrected chi connectivity index (χ0v) is 12.1. The van der Waals surface area contributed by atoms with Gasteiger partial charge < -0.3 is 20.7 Å². The minimum Gasteiger partial charge on any atom is -0.374 e. The van der Waals surface area contributed by atoms with Gasteiger partial charge in [-0.05, 0) is 32.2 Å². The molecule has 4 unspecified atom stereocenters. The quantitative estimate of drug-likeness (QED) is 0.768. The number of amides is 1. The zero-order valence-electron chi connectivity index (χ0n) is 12.1. The first-order valence-corrected chi connectivity index (χ1v) is 7.39. The van der Waals surface area contributed by atoms with E-state index >= 15 is 0 Å². The molecular weight excluding hydrogens is 242 g/mol. The summed E-state index contributed by atoms with van der Waals surface area (Å²) in [5, 5.41) is 3.02. The molecule has 1 amide bonds. The summed E-state index contributed by atoms with van der Waals surface area (Å²) >= 11 is 0. The van der Waals surface area contributed by atoms with Crippen molar-refractivity contribution in [3.63, 3.8) is 0 Å². The second-order valence-corrected chi connectivity index (χ2v) is 6.19. The lowest BCUT2D eigenvalue weighted by Gasteiger charge is -2.33. The van der Waals surface area contributed by atoms with E-state index in [9.17, 15) is 4.79 Å². The summed E-state index contributed by atoms with van der Waals surface area (Å²) in [4.78, 5) is 14.4. The van der Waals surface area contributed by atoms with Gasteiger partial charge in [-0.15, -0.1) is 0 Å². The molecule has 1 saturated heterocycles. The van der Waals surface area contributed by atoms with Gasteiger partial charge in [0.25, 0.3) is 0 Å². The van der Waals surface area contributed by atoms with Crippen molar-refractivity contribution in [2.45, 2.75) is 38.3 Å². The van der Waals surface area contributed by atoms with Crippen molar-refractivity contribution in [3.8, 4) is 0 Å². The second kappa shape index (κ2) is 6.68. The lowest BCUT2D eigenvalue weighted by Crippen LogP contribution is -2.50. The molecule has 2 aliphatic rings. The van der Waals surface area contributed by atoms with Crippen LogP contribution in [0.15, 0.2) is 0 Å². The molecule has 1 aliphatic carbocycles. The minimum atomic E-state index is -0.0231. The summed E-state index contributed by atoms with van der Waals surface area (Å²) in [5.74, 6) is 0.688. The van der Waals surface area contributed by atoms with Gasteiger partial charge in [0.1, 0.15) is 0 Å². The first-order valence-electron chi connectivity index (χ1n) is 7.39. The predicted octanol–water partition coefficient (Wildman–Crippen LogP) is 0.197. The normalized spacial score (nSPS) is 37.0. The molecule has 0 bridgehead atoms. The molecule has 4 atom stereocenters. The van der Waals surface area contributed by atoms with Crippen molar-refractivity contribution in [1.29, 1.82) is 0 Å². The Hall–Kier alpha value is -0.650. The highest BCUT2D eigenvalue weighted by Crippen LogP contribution is 2.27. The number of likely N-dealkylation sites (N-methyl/N-ethyl adjacent to an activating group) is 1. The van der Waals surface area contributed by atoms with E-state index in [1.807, 2.05) is 0 Å². The predicted molar refractivity (Wildman–Crippen MR) is 74.7 cm³/mol. The van der Waals surface area contributed by atoms with Crippen molar-refractivity contribution < 1.29 is 9.53 Å². The van der Waals surface area contributed by atoms with E-state index in [1.54, 1.807) is 0 Å². The summed E-state index contributed by atoms with van der Waals surface area (Å²) in [6, 6.07) is 0.0196. The highest BCUT2D eigenvalue weighted by atomic mass is 16.5. The largest absolute Gasteiger partial charge is 0.374 e. The lowest BCUT2D eigenvalue weighted by atomic mass is 9.79. The third-order valence-electron chi connectivity index (χ3n) is 4.35. The van der Waals surface area contributed by atoms with Gasteiger partial charge in [0, 0.05) is 25.7 Å². The van der Waals surface area contributed by atoms with Crippen molar-refractivity contribution >= 4 is 5.91 Å². The highest BCUT2D eigenvalue weighted by Gasteiger charge is 2.31. The van der Waals surface area contributed by atoms with E-state index < -0.39 is 0 Å². The molecule has 1 saturated carbocycles. The van der Waals surface area contributed by atoms with Crippen LogP contribution in [0.5, 0.6) is 0 Å². The van der Waals surface area contributed by atoms with Gasteiger partial charge in [0.05, 0.1) is 18.6 Å². The minimum absolute atomic E-state index is 0.0196. The van der Waals surface area contributed by atoms with E-state index in [2.05, 4.69) is 24.2 Å². The fourth-order valence-electron chi connectivity index (χ4n) is 3.04. The molecule has 2 rings (SSSR count). The number of ether oxygens (including phenoxy) is 1. The van der Waals surface area contributed by atoms with Crippen LogP contribution in [0, 0.1) is 11.8 Å². The molecule has 1 heterocycles. The number of carbonyl (C=O) groups is 1. The molecule has 5 heteroatoms. The average Bonchev–Trinajstić information content (AvgIpc) is 2.39. The Kier molecular flexibility index (Phi) is 5.19. The van der Waals surface area contributed by atoms with Gasteiger partial charge in [-0.2, -0.15) is 0 Å². The van der Waals surface area contributed by atoms with Crippen molar-refractivity contribution in [2.75, 3.05) is 33.3 Å². The van der Waals surface area contributed by atoms with E-state index in [0.717, 1.165) is 39.0 Å². The van der Waals surface area contributed by atoms with Crippen LogP contribution in [0.4, 0.5) is 0 Å². The number of rotatable bonds is 3. The van der Waals surface area contributed by atoms with Crippen LogP contribution in [0.25, 0.3) is 0 Å². The Labute approximate surface area is 115 Å². The Balaban J connectivity index is 1.77. The smallest absolute Gasteiger partial charge is 0.224 e. The number of nitrogens with zero attached hydrogens (tertiary/aromatic N) is 1. The number of morpholine rings is 1. The lowest BCUT2D eigenvalue weighted by molar-refractivity contribution is -0.128. The maximum Gasteiger partial charge on any atom is 0.224 e. The molecule has 19 heavy (non-hydrogen) atoms. The summed E-state index contributed by atoms with van der Waals surface area (Å²) in [5.41, 5.74) is 6.07. The number of hydrogen-bond acceptors (Lipinski definition) is 4. The first-order chi connectivity index (χ1) is 9.06. The van der Waals surface area contributed by atoms with Crippen LogP contribution >= 0.6 is 0 Å². The molecule has 1 aliphatic heterocycles. The maximum absolute atomic E-state index is 12.2. The number of hydrogen-bond donors (Lipinski definition) is 2. The zero-order chi connectivity index (χ0) is 13.8. The molecular formula is C14H27N3O2. The molecule has 3 N–H and O–H groups in total. The Morgan fingerprint density at radius 1 is 1.47 bits per heavy atom. The van der Waals surface area contributed by atoms with Crippen LogP contribution in [-0.2, 0) is 9.53 Å². The van der Waals surface area contributed by atoms with E-state index in [1.165, 1.54) is 0 Å². The van der Waals surface area contributed by atoms with E-state index in [4.69, 9.17) is 10.5 Å². The van der Waals surface area contributed by atoms with Crippen LogP contribution in [0.2, 0.25) is 0 Å². The van der Waals surface area contributed by atoms with Crippen LogP contribution in [-0.4, -0.2) is 56.2 Å². The molecule has 110 valence electrons. The summed E-state index contributed by atoms with van der Waals surface area (Å²) in [6.07, 6.45) is 3.13. The third-order valence-corrected chi connectivity index (χ3v) is 4.35. The maximum atomic E-state index is 12.2. The summed E-state index contributed by atoms with van der Waals surface area (Å²) in [7, 11) is 2.08. The molecule has 2 fully saturated rings. The molecule has 0 spiro atoms. The standard InChI is InChI=1S/C14H27N3O2/c1-10-3-4-13(15)12(7-10)14(18)16-8-11-9-17(2)5-6-19-11/h10-13H,3-9,15H2,1-2H3,(H,16,18). The topological polar surface area (TPSA) is 67.6 Å². The Morgan fingerprint density at radius 3 is 3.00 bits per heavy atom.